The van der Waals surface area contributed by atoms with Crippen LogP contribution in [0.25, 0.3) is 11.8 Å². The largest absolute Gasteiger partial charge is 0.403 e. The second-order valence-electron chi connectivity index (χ2n) is 6.67. The van der Waals surface area contributed by atoms with E-state index in [0.29, 0.717) is 0 Å². The van der Waals surface area contributed by atoms with Crippen LogP contribution in [0.4, 0.5) is 0 Å². The maximum Gasteiger partial charge on any atom is 0.0664 e. The maximum absolute atomic E-state index is 6.09. The molecule has 0 bridgehead atoms. The Morgan fingerprint density at radius 3 is 3.00 bits per heavy atom. The SMILES string of the molecule is C=CN(/C(=C\N)c1c[nH]c2c1C=C(C)NC2)C1CCc2ccccc21. The van der Waals surface area contributed by atoms with Gasteiger partial charge in [-0.05, 0) is 43.2 Å². The molecule has 4 heteroatoms. The van der Waals surface area contributed by atoms with Gasteiger partial charge in [0.2, 0.25) is 0 Å². The van der Waals surface area contributed by atoms with Gasteiger partial charge in [-0.3, -0.25) is 0 Å². The predicted octanol–water partition coefficient (Wildman–Crippen LogP) is 3.87. The number of aromatic nitrogens is 1. The first-order valence-corrected chi connectivity index (χ1v) is 8.76. The minimum atomic E-state index is 0.279. The summed E-state index contributed by atoms with van der Waals surface area (Å²) in [6.45, 7) is 6.98. The second kappa shape index (κ2) is 6.20. The lowest BCUT2D eigenvalue weighted by molar-refractivity contribution is 0.391. The summed E-state index contributed by atoms with van der Waals surface area (Å²) < 4.78 is 0. The van der Waals surface area contributed by atoms with Crippen molar-refractivity contribution >= 4 is 11.8 Å². The zero-order valence-corrected chi connectivity index (χ0v) is 14.5. The van der Waals surface area contributed by atoms with Gasteiger partial charge in [0.25, 0.3) is 0 Å². The van der Waals surface area contributed by atoms with E-state index in [-0.39, 0.29) is 6.04 Å². The molecule has 0 saturated heterocycles. The summed E-state index contributed by atoms with van der Waals surface area (Å²) in [7, 11) is 0. The van der Waals surface area contributed by atoms with E-state index in [1.54, 1.807) is 6.20 Å². The Bertz CT molecular complexity index is 872. The first-order valence-electron chi connectivity index (χ1n) is 8.76. The molecule has 0 spiro atoms. The van der Waals surface area contributed by atoms with Gasteiger partial charge >= 0.3 is 0 Å². The predicted molar refractivity (Wildman–Crippen MR) is 103 cm³/mol. The van der Waals surface area contributed by atoms with Gasteiger partial charge in [0, 0.05) is 34.9 Å². The first kappa shape index (κ1) is 15.6. The van der Waals surface area contributed by atoms with Crippen molar-refractivity contribution in [1.29, 1.82) is 0 Å². The van der Waals surface area contributed by atoms with Crippen molar-refractivity contribution in [2.75, 3.05) is 0 Å². The average Bonchev–Trinajstić information content (AvgIpc) is 3.23. The Morgan fingerprint density at radius 2 is 2.20 bits per heavy atom. The van der Waals surface area contributed by atoms with Crippen LogP contribution in [-0.4, -0.2) is 9.88 Å². The monoisotopic (exact) mass is 332 g/mol. The Kier molecular flexibility index (Phi) is 3.88. The first-order chi connectivity index (χ1) is 12.2. The molecule has 25 heavy (non-hydrogen) atoms. The summed E-state index contributed by atoms with van der Waals surface area (Å²) in [6.07, 6.45) is 10.0. The molecule has 4 N–H and O–H groups in total. The summed E-state index contributed by atoms with van der Waals surface area (Å²) in [4.78, 5) is 5.61. The van der Waals surface area contributed by atoms with Crippen LogP contribution in [0.1, 0.15) is 47.3 Å². The normalized spacial score (nSPS) is 18.8. The molecule has 4 nitrogen and oxygen atoms in total. The van der Waals surface area contributed by atoms with Crippen LogP contribution in [0.5, 0.6) is 0 Å². The number of nitrogens with one attached hydrogen (secondary N) is 2. The number of H-pyrrole nitrogens is 1. The summed E-state index contributed by atoms with van der Waals surface area (Å²) in [5, 5.41) is 3.37. The van der Waals surface area contributed by atoms with Crippen LogP contribution in [0.2, 0.25) is 0 Å². The number of allylic oxidation sites excluding steroid dienone is 1. The number of aromatic amines is 1. The van der Waals surface area contributed by atoms with Crippen molar-refractivity contribution in [3.05, 3.63) is 83.1 Å². The Labute approximate surface area is 148 Å². The van der Waals surface area contributed by atoms with E-state index in [4.69, 9.17) is 5.73 Å². The number of aryl methyl sites for hydroxylation is 1. The number of rotatable bonds is 4. The molecule has 0 saturated carbocycles. The fourth-order valence-corrected chi connectivity index (χ4v) is 4.03. The highest BCUT2D eigenvalue weighted by Gasteiger charge is 2.29. The molecule has 1 aromatic heterocycles. The Morgan fingerprint density at radius 1 is 1.36 bits per heavy atom. The van der Waals surface area contributed by atoms with E-state index in [1.807, 2.05) is 6.20 Å². The number of hydrogen-bond donors (Lipinski definition) is 3. The highest BCUT2D eigenvalue weighted by Crippen LogP contribution is 2.41. The van der Waals surface area contributed by atoms with Crippen molar-refractivity contribution in [2.24, 2.45) is 5.73 Å². The third-order valence-corrected chi connectivity index (χ3v) is 5.26. The van der Waals surface area contributed by atoms with Crippen molar-refractivity contribution in [3.8, 4) is 0 Å². The number of nitrogens with two attached hydrogens (primary N) is 1. The van der Waals surface area contributed by atoms with Crippen molar-refractivity contribution in [1.82, 2.24) is 15.2 Å². The van der Waals surface area contributed by atoms with Crippen LogP contribution in [0.15, 0.2) is 55.1 Å². The molecule has 4 rings (SSSR count). The lowest BCUT2D eigenvalue weighted by Crippen LogP contribution is -2.22. The van der Waals surface area contributed by atoms with Gasteiger partial charge in [0.05, 0.1) is 18.3 Å². The van der Waals surface area contributed by atoms with Crippen LogP contribution in [0, 0.1) is 0 Å². The van der Waals surface area contributed by atoms with E-state index in [9.17, 15) is 0 Å². The third kappa shape index (κ3) is 2.54. The topological polar surface area (TPSA) is 57.1 Å². The lowest BCUT2D eigenvalue weighted by Gasteiger charge is -2.30. The molecule has 0 fully saturated rings. The molecule has 1 aliphatic heterocycles. The average molecular weight is 332 g/mol. The summed E-state index contributed by atoms with van der Waals surface area (Å²) >= 11 is 0. The number of hydrogen-bond acceptors (Lipinski definition) is 3. The lowest BCUT2D eigenvalue weighted by atomic mass is 10.0. The Balaban J connectivity index is 1.75. The van der Waals surface area contributed by atoms with Crippen molar-refractivity contribution in [2.45, 2.75) is 32.4 Å². The summed E-state index contributed by atoms with van der Waals surface area (Å²) in [5.74, 6) is 0. The van der Waals surface area contributed by atoms with Gasteiger partial charge in [-0.15, -0.1) is 0 Å². The summed E-state index contributed by atoms with van der Waals surface area (Å²) in [5.41, 5.74) is 14.6. The van der Waals surface area contributed by atoms with E-state index in [1.165, 1.54) is 28.1 Å². The fourth-order valence-electron chi connectivity index (χ4n) is 4.03. The van der Waals surface area contributed by atoms with Gasteiger partial charge in [-0.1, -0.05) is 30.8 Å². The van der Waals surface area contributed by atoms with Crippen molar-refractivity contribution in [3.63, 3.8) is 0 Å². The molecule has 128 valence electrons. The molecule has 0 radical (unpaired) electrons. The van der Waals surface area contributed by atoms with Gasteiger partial charge in [0.1, 0.15) is 0 Å². The zero-order valence-electron chi connectivity index (χ0n) is 14.5. The molecule has 1 aromatic carbocycles. The highest BCUT2D eigenvalue weighted by molar-refractivity contribution is 5.76. The van der Waals surface area contributed by atoms with Crippen LogP contribution in [0.3, 0.4) is 0 Å². The smallest absolute Gasteiger partial charge is 0.0664 e. The van der Waals surface area contributed by atoms with Gasteiger partial charge < -0.3 is 20.9 Å². The molecule has 2 aliphatic rings. The molecule has 0 amide bonds. The van der Waals surface area contributed by atoms with E-state index < -0.39 is 0 Å². The molecule has 1 aliphatic carbocycles. The Hall–Kier alpha value is -2.88. The molecule has 2 heterocycles. The molecule has 1 unspecified atom stereocenters. The van der Waals surface area contributed by atoms with E-state index >= 15 is 0 Å². The van der Waals surface area contributed by atoms with Gasteiger partial charge in [-0.25, -0.2) is 0 Å². The van der Waals surface area contributed by atoms with E-state index in [0.717, 1.165) is 30.6 Å². The minimum absolute atomic E-state index is 0.279. The second-order valence-corrected chi connectivity index (χ2v) is 6.67. The minimum Gasteiger partial charge on any atom is -0.403 e. The molecular weight excluding hydrogens is 308 g/mol. The van der Waals surface area contributed by atoms with Gasteiger partial charge in [0.15, 0.2) is 0 Å². The molecule has 2 aromatic rings. The number of benzene rings is 1. The standard InChI is InChI=1S/C21H24N4/c1-3-25(20-9-8-15-6-4-5-7-16(15)20)21(11-22)18-12-24-19-13-23-14(2)10-17(18)19/h3-7,10-12,20,23-24H,1,8-9,13,22H2,2H3/b21-11-. The summed E-state index contributed by atoms with van der Waals surface area (Å²) in [6, 6.07) is 8.94. The maximum atomic E-state index is 6.09. The van der Waals surface area contributed by atoms with Gasteiger partial charge in [-0.2, -0.15) is 0 Å². The molecular formula is C21H24N4. The van der Waals surface area contributed by atoms with Crippen LogP contribution < -0.4 is 11.1 Å². The number of nitrogens with zero attached hydrogens (tertiary/aromatic N) is 1. The number of fused-ring (bicyclic) bond motifs is 2. The fraction of sp³-hybridized carbons (Fsp3) is 0.238. The quantitative estimate of drug-likeness (QED) is 0.796. The third-order valence-electron chi connectivity index (χ3n) is 5.26. The van der Waals surface area contributed by atoms with Crippen molar-refractivity contribution < 1.29 is 0 Å². The van der Waals surface area contributed by atoms with E-state index in [2.05, 4.69) is 65.2 Å². The van der Waals surface area contributed by atoms with Crippen LogP contribution in [-0.2, 0) is 13.0 Å². The highest BCUT2D eigenvalue weighted by atomic mass is 15.2. The molecule has 1 atom stereocenters. The van der Waals surface area contributed by atoms with Crippen LogP contribution >= 0.6 is 0 Å². The zero-order chi connectivity index (χ0) is 17.4.